The summed E-state index contributed by atoms with van der Waals surface area (Å²) in [6.07, 6.45) is 0.749. The number of ether oxygens (including phenoxy) is 1. The maximum absolute atomic E-state index is 12.3. The summed E-state index contributed by atoms with van der Waals surface area (Å²) < 4.78 is 5.06. The number of rotatable bonds is 2. The van der Waals surface area contributed by atoms with Crippen LogP contribution in [0, 0.1) is 0 Å². The van der Waals surface area contributed by atoms with Gasteiger partial charge in [0.2, 0.25) is 0 Å². The zero-order valence-corrected chi connectivity index (χ0v) is 12.7. The number of methoxy groups -OCH3 is 1. The molecule has 0 spiro atoms. The van der Waals surface area contributed by atoms with Crippen molar-refractivity contribution in [1.29, 1.82) is 0 Å². The first-order chi connectivity index (χ1) is 9.50. The van der Waals surface area contributed by atoms with Crippen molar-refractivity contribution in [2.24, 2.45) is 0 Å². The summed E-state index contributed by atoms with van der Waals surface area (Å²) in [5.41, 5.74) is 3.26. The minimum absolute atomic E-state index is 0.0969. The van der Waals surface area contributed by atoms with Gasteiger partial charge in [0.1, 0.15) is 5.54 Å². The highest BCUT2D eigenvalue weighted by atomic mass is 35.5. The Kier molecular flexibility index (Phi) is 3.14. The van der Waals surface area contributed by atoms with Crippen LogP contribution in [0.3, 0.4) is 0 Å². The average molecular weight is 292 g/mol. The van der Waals surface area contributed by atoms with Gasteiger partial charge < -0.3 is 4.74 Å². The Morgan fingerprint density at radius 2 is 1.95 bits per heavy atom. The highest BCUT2D eigenvalue weighted by molar-refractivity contribution is 6.30. The monoisotopic (exact) mass is 291 g/mol. The lowest BCUT2D eigenvalue weighted by Crippen LogP contribution is -2.35. The molecular weight excluding hydrogens is 274 g/mol. The molecule has 1 aromatic carbocycles. The molecule has 0 aliphatic carbocycles. The van der Waals surface area contributed by atoms with Crippen LogP contribution in [-0.4, -0.2) is 30.1 Å². The molecule has 2 aliphatic heterocycles. The predicted molar refractivity (Wildman–Crippen MR) is 78.6 cm³/mol. The van der Waals surface area contributed by atoms with E-state index in [0.29, 0.717) is 5.02 Å². The van der Waals surface area contributed by atoms with E-state index < -0.39 is 5.54 Å². The molecule has 3 rings (SSSR count). The number of carbonyl (C=O) groups is 1. The van der Waals surface area contributed by atoms with E-state index in [0.717, 1.165) is 18.5 Å². The van der Waals surface area contributed by atoms with E-state index in [1.165, 1.54) is 18.3 Å². The topological polar surface area (TPSA) is 29.3 Å². The van der Waals surface area contributed by atoms with Crippen molar-refractivity contribution in [2.75, 3.05) is 13.7 Å². The standard InChI is InChI=1S/C16H18ClNO2/c1-10-8-16(15(19)20-3)14(18(16)9-11(10)2)12-4-6-13(17)7-5-12/h4-7,14H,8-9H2,1-3H3/t14-,16-,18?/m1/s1. The van der Waals surface area contributed by atoms with Gasteiger partial charge in [-0.25, -0.2) is 4.79 Å². The fourth-order valence-corrected chi connectivity index (χ4v) is 3.47. The van der Waals surface area contributed by atoms with Gasteiger partial charge >= 0.3 is 5.97 Å². The van der Waals surface area contributed by atoms with Crippen molar-refractivity contribution in [2.45, 2.75) is 31.8 Å². The second-order valence-corrected chi connectivity index (χ2v) is 6.17. The van der Waals surface area contributed by atoms with Crippen LogP contribution < -0.4 is 0 Å². The third kappa shape index (κ3) is 1.80. The molecule has 0 bridgehead atoms. The van der Waals surface area contributed by atoms with Crippen molar-refractivity contribution >= 4 is 17.6 Å². The van der Waals surface area contributed by atoms with Crippen molar-refractivity contribution in [3.05, 3.63) is 46.0 Å². The molecule has 0 N–H and O–H groups in total. The van der Waals surface area contributed by atoms with Gasteiger partial charge in [0, 0.05) is 11.6 Å². The summed E-state index contributed by atoms with van der Waals surface area (Å²) in [5, 5.41) is 0.713. The van der Waals surface area contributed by atoms with E-state index in [1.54, 1.807) is 0 Å². The lowest BCUT2D eigenvalue weighted by molar-refractivity contribution is -0.145. The fourth-order valence-electron chi connectivity index (χ4n) is 3.34. The largest absolute Gasteiger partial charge is 0.468 e. The van der Waals surface area contributed by atoms with Gasteiger partial charge in [-0.3, -0.25) is 4.90 Å². The zero-order chi connectivity index (χ0) is 14.5. The minimum atomic E-state index is -0.508. The van der Waals surface area contributed by atoms with E-state index in [1.807, 2.05) is 24.3 Å². The molecule has 1 saturated heterocycles. The fraction of sp³-hybridized carbons (Fsp3) is 0.438. The first-order valence-electron chi connectivity index (χ1n) is 6.76. The smallest absolute Gasteiger partial charge is 0.328 e. The molecule has 1 unspecified atom stereocenters. The Bertz CT molecular complexity index is 593. The Balaban J connectivity index is 1.98. The Labute approximate surface area is 124 Å². The molecule has 0 saturated carbocycles. The lowest BCUT2D eigenvalue weighted by atomic mass is 9.89. The van der Waals surface area contributed by atoms with Crippen molar-refractivity contribution in [3.63, 3.8) is 0 Å². The predicted octanol–water partition coefficient (Wildman–Crippen LogP) is 3.35. The molecule has 4 heteroatoms. The van der Waals surface area contributed by atoms with E-state index in [2.05, 4.69) is 18.7 Å². The molecule has 1 aromatic rings. The van der Waals surface area contributed by atoms with Crippen LogP contribution >= 0.6 is 11.6 Å². The molecule has 106 valence electrons. The van der Waals surface area contributed by atoms with Crippen LogP contribution in [-0.2, 0) is 9.53 Å². The number of nitrogens with zero attached hydrogens (tertiary/aromatic N) is 1. The average Bonchev–Trinajstić information content (AvgIpc) is 3.08. The van der Waals surface area contributed by atoms with Gasteiger partial charge in [-0.1, -0.05) is 34.9 Å². The van der Waals surface area contributed by atoms with Crippen molar-refractivity contribution in [1.82, 2.24) is 4.90 Å². The summed E-state index contributed by atoms with van der Waals surface area (Å²) in [6.45, 7) is 5.07. The second-order valence-electron chi connectivity index (χ2n) is 5.74. The number of fused-ring (bicyclic) bond motifs is 1. The molecule has 0 aromatic heterocycles. The minimum Gasteiger partial charge on any atom is -0.468 e. The number of carbonyl (C=O) groups excluding carboxylic acids is 1. The molecule has 3 nitrogen and oxygen atoms in total. The molecule has 0 radical (unpaired) electrons. The van der Waals surface area contributed by atoms with Crippen molar-refractivity contribution in [3.8, 4) is 0 Å². The van der Waals surface area contributed by atoms with Crippen LogP contribution in [0.4, 0.5) is 0 Å². The molecule has 2 aliphatic rings. The van der Waals surface area contributed by atoms with E-state index >= 15 is 0 Å². The molecule has 20 heavy (non-hydrogen) atoms. The van der Waals surface area contributed by atoms with Crippen LogP contribution in [0.25, 0.3) is 0 Å². The van der Waals surface area contributed by atoms with Gasteiger partial charge in [-0.05, 0) is 38.0 Å². The highest BCUT2D eigenvalue weighted by Crippen LogP contribution is 2.59. The lowest BCUT2D eigenvalue weighted by Gasteiger charge is -2.22. The summed E-state index contributed by atoms with van der Waals surface area (Å²) in [7, 11) is 1.47. The van der Waals surface area contributed by atoms with Gasteiger partial charge in [-0.15, -0.1) is 0 Å². The summed E-state index contributed by atoms with van der Waals surface area (Å²) in [6, 6.07) is 7.85. The van der Waals surface area contributed by atoms with E-state index in [-0.39, 0.29) is 12.0 Å². The summed E-state index contributed by atoms with van der Waals surface area (Å²) in [5.74, 6) is -0.135. The molecular formula is C16H18ClNO2. The van der Waals surface area contributed by atoms with Crippen LogP contribution in [0.1, 0.15) is 31.9 Å². The van der Waals surface area contributed by atoms with Crippen LogP contribution in [0.5, 0.6) is 0 Å². The number of esters is 1. The van der Waals surface area contributed by atoms with E-state index in [4.69, 9.17) is 16.3 Å². The Hall–Kier alpha value is -1.32. The van der Waals surface area contributed by atoms with Gasteiger partial charge in [0.05, 0.1) is 13.2 Å². The third-order valence-corrected chi connectivity index (χ3v) is 4.86. The third-order valence-electron chi connectivity index (χ3n) is 4.60. The van der Waals surface area contributed by atoms with Crippen molar-refractivity contribution < 1.29 is 9.53 Å². The van der Waals surface area contributed by atoms with E-state index in [9.17, 15) is 4.79 Å². The number of benzene rings is 1. The molecule has 0 amide bonds. The zero-order valence-electron chi connectivity index (χ0n) is 11.9. The number of hydrogen-bond donors (Lipinski definition) is 0. The maximum atomic E-state index is 12.3. The summed E-state index contributed by atoms with van der Waals surface area (Å²) in [4.78, 5) is 14.5. The second kappa shape index (κ2) is 4.61. The molecule has 3 atom stereocenters. The number of halogens is 1. The first kappa shape index (κ1) is 13.7. The normalized spacial score (nSPS) is 31.8. The Morgan fingerprint density at radius 1 is 1.30 bits per heavy atom. The van der Waals surface area contributed by atoms with Crippen LogP contribution in [0.2, 0.25) is 5.02 Å². The Morgan fingerprint density at radius 3 is 2.55 bits per heavy atom. The molecule has 2 heterocycles. The van der Waals surface area contributed by atoms with Gasteiger partial charge in [0.25, 0.3) is 0 Å². The summed E-state index contributed by atoms with van der Waals surface area (Å²) >= 11 is 5.95. The van der Waals surface area contributed by atoms with Gasteiger partial charge in [0.15, 0.2) is 0 Å². The SMILES string of the molecule is COC(=O)[C@]12CC(C)=C(C)CN1[C@@H]2c1ccc(Cl)cc1. The maximum Gasteiger partial charge on any atom is 0.328 e. The first-order valence-corrected chi connectivity index (χ1v) is 7.14. The highest BCUT2D eigenvalue weighted by Gasteiger charge is 2.70. The quantitative estimate of drug-likeness (QED) is 0.475. The molecule has 1 fully saturated rings. The van der Waals surface area contributed by atoms with Gasteiger partial charge in [-0.2, -0.15) is 0 Å². The number of hydrogen-bond acceptors (Lipinski definition) is 3. The van der Waals surface area contributed by atoms with Crippen LogP contribution in [0.15, 0.2) is 35.4 Å².